The highest BCUT2D eigenvalue weighted by Crippen LogP contribution is 2.23. The van der Waals surface area contributed by atoms with Gasteiger partial charge < -0.3 is 15.5 Å². The molecule has 0 bridgehead atoms. The van der Waals surface area contributed by atoms with Crippen LogP contribution in [0.25, 0.3) is 22.1 Å². The SMILES string of the molecule is N[C@H](CNc1cccc(-c2cc3ccccc3oc2=O)c1)Cc1cc(F)cc(F)c1. The second kappa shape index (κ2) is 8.47. The highest BCUT2D eigenvalue weighted by molar-refractivity contribution is 5.82. The molecule has 4 rings (SSSR count). The molecular formula is C24H20F2N2O2. The minimum atomic E-state index is -0.618. The number of hydrogen-bond acceptors (Lipinski definition) is 4. The van der Waals surface area contributed by atoms with Crippen molar-refractivity contribution in [1.29, 1.82) is 0 Å². The fourth-order valence-electron chi connectivity index (χ4n) is 3.41. The monoisotopic (exact) mass is 406 g/mol. The molecule has 30 heavy (non-hydrogen) atoms. The van der Waals surface area contributed by atoms with Gasteiger partial charge >= 0.3 is 5.63 Å². The molecule has 0 spiro atoms. The third-order valence-electron chi connectivity index (χ3n) is 4.80. The van der Waals surface area contributed by atoms with Crippen molar-refractivity contribution in [3.8, 4) is 11.1 Å². The predicted molar refractivity (Wildman–Crippen MR) is 114 cm³/mol. The van der Waals surface area contributed by atoms with Crippen molar-refractivity contribution in [2.45, 2.75) is 12.5 Å². The number of halogens is 2. The van der Waals surface area contributed by atoms with Crippen LogP contribution in [0.15, 0.2) is 82.0 Å². The Balaban J connectivity index is 1.48. The van der Waals surface area contributed by atoms with E-state index in [2.05, 4.69) is 5.32 Å². The molecule has 1 heterocycles. The normalized spacial score (nSPS) is 12.1. The molecule has 0 saturated heterocycles. The molecule has 0 amide bonds. The van der Waals surface area contributed by atoms with Crippen LogP contribution in [0.3, 0.4) is 0 Å². The lowest BCUT2D eigenvalue weighted by molar-refractivity contribution is 0.563. The number of nitrogens with two attached hydrogens (primary N) is 1. The molecule has 152 valence electrons. The van der Waals surface area contributed by atoms with E-state index in [1.54, 1.807) is 6.07 Å². The van der Waals surface area contributed by atoms with E-state index in [1.807, 2.05) is 48.5 Å². The second-order valence-corrected chi connectivity index (χ2v) is 7.19. The standard InChI is InChI=1S/C24H20F2N2O2/c25-18-8-15(9-19(26)13-18)10-20(27)14-28-21-6-3-5-16(11-21)22-12-17-4-1-2-7-23(17)30-24(22)29/h1-9,11-13,20,28H,10,14,27H2/t20-/m0/s1. The molecule has 0 aliphatic rings. The van der Waals surface area contributed by atoms with E-state index >= 15 is 0 Å². The number of nitrogens with one attached hydrogen (secondary N) is 1. The number of anilines is 1. The lowest BCUT2D eigenvalue weighted by Crippen LogP contribution is -2.31. The number of hydrogen-bond donors (Lipinski definition) is 2. The molecule has 1 aromatic heterocycles. The van der Waals surface area contributed by atoms with Crippen LogP contribution in [0.2, 0.25) is 0 Å². The van der Waals surface area contributed by atoms with E-state index in [0.717, 1.165) is 22.7 Å². The summed E-state index contributed by atoms with van der Waals surface area (Å²) >= 11 is 0. The Morgan fingerprint density at radius 3 is 2.50 bits per heavy atom. The van der Waals surface area contributed by atoms with Crippen LogP contribution >= 0.6 is 0 Å². The minimum absolute atomic E-state index is 0.329. The zero-order chi connectivity index (χ0) is 21.1. The third kappa shape index (κ3) is 4.55. The fraction of sp³-hybridized carbons (Fsp3) is 0.125. The summed E-state index contributed by atoms with van der Waals surface area (Å²) in [6.07, 6.45) is 0.329. The molecule has 0 fully saturated rings. The first-order valence-electron chi connectivity index (χ1n) is 9.56. The van der Waals surface area contributed by atoms with Crippen molar-refractivity contribution in [3.05, 3.63) is 100 Å². The smallest absolute Gasteiger partial charge is 0.344 e. The maximum absolute atomic E-state index is 13.3. The Bertz CT molecular complexity index is 1230. The van der Waals surface area contributed by atoms with Gasteiger partial charge in [-0.05, 0) is 53.9 Å². The van der Waals surface area contributed by atoms with Crippen molar-refractivity contribution in [2.75, 3.05) is 11.9 Å². The molecule has 4 aromatic rings. The minimum Gasteiger partial charge on any atom is -0.422 e. The van der Waals surface area contributed by atoms with Gasteiger partial charge in [0.05, 0.1) is 5.56 Å². The molecule has 1 atom stereocenters. The third-order valence-corrected chi connectivity index (χ3v) is 4.80. The summed E-state index contributed by atoms with van der Waals surface area (Å²) in [6.45, 7) is 0.397. The zero-order valence-electron chi connectivity index (χ0n) is 16.1. The molecule has 0 aliphatic carbocycles. The lowest BCUT2D eigenvalue weighted by atomic mass is 10.0. The molecule has 3 N–H and O–H groups in total. The van der Waals surface area contributed by atoms with Crippen molar-refractivity contribution in [1.82, 2.24) is 0 Å². The lowest BCUT2D eigenvalue weighted by Gasteiger charge is -2.15. The van der Waals surface area contributed by atoms with E-state index in [0.29, 0.717) is 29.7 Å². The molecule has 0 unspecified atom stereocenters. The van der Waals surface area contributed by atoms with Gasteiger partial charge in [-0.15, -0.1) is 0 Å². The number of rotatable bonds is 6. The summed E-state index contributed by atoms with van der Waals surface area (Å²) in [4.78, 5) is 12.4. The van der Waals surface area contributed by atoms with Gasteiger partial charge in [0.1, 0.15) is 17.2 Å². The van der Waals surface area contributed by atoms with Crippen molar-refractivity contribution in [2.24, 2.45) is 5.73 Å². The first kappa shape index (κ1) is 19.8. The van der Waals surface area contributed by atoms with Gasteiger partial charge in [-0.2, -0.15) is 0 Å². The quantitative estimate of drug-likeness (QED) is 0.455. The van der Waals surface area contributed by atoms with Crippen LogP contribution in [0, 0.1) is 11.6 Å². The van der Waals surface area contributed by atoms with Crippen LogP contribution in [0.4, 0.5) is 14.5 Å². The summed E-state index contributed by atoms with van der Waals surface area (Å²) in [7, 11) is 0. The summed E-state index contributed by atoms with van der Waals surface area (Å²) < 4.78 is 32.1. The summed E-state index contributed by atoms with van der Waals surface area (Å²) in [5.41, 5.74) is 8.73. The van der Waals surface area contributed by atoms with E-state index < -0.39 is 17.3 Å². The van der Waals surface area contributed by atoms with Gasteiger partial charge in [-0.3, -0.25) is 0 Å². The highest BCUT2D eigenvalue weighted by atomic mass is 19.1. The zero-order valence-corrected chi connectivity index (χ0v) is 16.1. The van der Waals surface area contributed by atoms with Gasteiger partial charge in [-0.25, -0.2) is 13.6 Å². The Labute approximate surface area is 172 Å². The van der Waals surface area contributed by atoms with Crippen molar-refractivity contribution >= 4 is 16.7 Å². The molecule has 0 aliphatic heterocycles. The summed E-state index contributed by atoms with van der Waals surface area (Å²) in [5, 5.41) is 4.06. The summed E-state index contributed by atoms with van der Waals surface area (Å²) in [5.74, 6) is -1.24. The average molecular weight is 406 g/mol. The van der Waals surface area contributed by atoms with E-state index in [1.165, 1.54) is 12.1 Å². The van der Waals surface area contributed by atoms with Crippen LogP contribution in [-0.4, -0.2) is 12.6 Å². The van der Waals surface area contributed by atoms with Crippen LogP contribution in [0.1, 0.15) is 5.56 Å². The number of fused-ring (bicyclic) bond motifs is 1. The fourth-order valence-corrected chi connectivity index (χ4v) is 3.41. The summed E-state index contributed by atoms with van der Waals surface area (Å²) in [6, 6.07) is 19.6. The Morgan fingerprint density at radius 1 is 0.933 bits per heavy atom. The average Bonchev–Trinajstić information content (AvgIpc) is 2.71. The van der Waals surface area contributed by atoms with Crippen LogP contribution in [-0.2, 0) is 6.42 Å². The maximum Gasteiger partial charge on any atom is 0.344 e. The van der Waals surface area contributed by atoms with Gasteiger partial charge in [0.25, 0.3) is 0 Å². The van der Waals surface area contributed by atoms with Gasteiger partial charge in [0, 0.05) is 29.7 Å². The molecule has 3 aromatic carbocycles. The van der Waals surface area contributed by atoms with Gasteiger partial charge in [0.2, 0.25) is 0 Å². The molecule has 0 saturated carbocycles. The Morgan fingerprint density at radius 2 is 1.70 bits per heavy atom. The van der Waals surface area contributed by atoms with E-state index in [4.69, 9.17) is 10.2 Å². The van der Waals surface area contributed by atoms with Gasteiger partial charge in [0.15, 0.2) is 0 Å². The van der Waals surface area contributed by atoms with Crippen LogP contribution < -0.4 is 16.7 Å². The van der Waals surface area contributed by atoms with E-state index in [-0.39, 0.29) is 6.04 Å². The number of para-hydroxylation sites is 1. The van der Waals surface area contributed by atoms with Gasteiger partial charge in [-0.1, -0.05) is 30.3 Å². The second-order valence-electron chi connectivity index (χ2n) is 7.19. The Hall–Kier alpha value is -3.51. The first-order valence-corrected chi connectivity index (χ1v) is 9.56. The molecule has 4 nitrogen and oxygen atoms in total. The van der Waals surface area contributed by atoms with Crippen LogP contribution in [0.5, 0.6) is 0 Å². The highest BCUT2D eigenvalue weighted by Gasteiger charge is 2.10. The molecular weight excluding hydrogens is 386 g/mol. The molecule has 0 radical (unpaired) electrons. The maximum atomic E-state index is 13.3. The molecule has 6 heteroatoms. The van der Waals surface area contributed by atoms with Crippen molar-refractivity contribution in [3.63, 3.8) is 0 Å². The number of benzene rings is 3. The van der Waals surface area contributed by atoms with Crippen molar-refractivity contribution < 1.29 is 13.2 Å². The topological polar surface area (TPSA) is 68.3 Å². The van der Waals surface area contributed by atoms with E-state index in [9.17, 15) is 13.6 Å². The first-order chi connectivity index (χ1) is 14.5. The largest absolute Gasteiger partial charge is 0.422 e. The Kier molecular flexibility index (Phi) is 5.59. The predicted octanol–water partition coefficient (Wildman–Crippen LogP) is 4.72.